The summed E-state index contributed by atoms with van der Waals surface area (Å²) in [5.41, 5.74) is 2.87. The number of pyridine rings is 1. The van der Waals surface area contributed by atoms with Crippen LogP contribution in [-0.4, -0.2) is 17.6 Å². The standard InChI is InChI=1S/C22H17N2O3.BrH/c1-15-5-4-12-23(13-15)14-20(25)16-8-10-17(11-9-16)24-21(26)18-6-2-3-7-19(18)22(24)27;/h2-13H,14H2,1H3;1H/q+1;/p-1. The van der Waals surface area contributed by atoms with Crippen LogP contribution in [0.1, 0.15) is 36.6 Å². The molecule has 4 rings (SSSR count). The number of fused-ring (bicyclic) bond motifs is 1. The number of hydrogen-bond acceptors (Lipinski definition) is 3. The molecule has 0 N–H and O–H groups in total. The second kappa shape index (κ2) is 7.86. The number of aromatic nitrogens is 1. The summed E-state index contributed by atoms with van der Waals surface area (Å²) in [6.45, 7) is 2.20. The molecule has 3 aromatic rings. The fourth-order valence-electron chi connectivity index (χ4n) is 3.23. The molecule has 0 unspecified atom stereocenters. The van der Waals surface area contributed by atoms with Gasteiger partial charge in [-0.1, -0.05) is 12.1 Å². The average molecular weight is 437 g/mol. The highest BCUT2D eigenvalue weighted by molar-refractivity contribution is 6.34. The minimum atomic E-state index is -0.343. The second-order valence-electron chi connectivity index (χ2n) is 6.51. The van der Waals surface area contributed by atoms with Crippen molar-refractivity contribution < 1.29 is 35.9 Å². The van der Waals surface area contributed by atoms with E-state index < -0.39 is 0 Å². The normalized spacial score (nSPS) is 12.5. The Bertz CT molecular complexity index is 1040. The SMILES string of the molecule is Cc1ccc[n+](CC(=O)c2ccc(N3C(=O)c4ccccc4C3=O)cc2)c1.[Br-]. The highest BCUT2D eigenvalue weighted by Crippen LogP contribution is 2.28. The van der Waals surface area contributed by atoms with E-state index in [1.807, 2.05) is 36.0 Å². The van der Waals surface area contributed by atoms with Crippen LogP contribution in [0.25, 0.3) is 0 Å². The summed E-state index contributed by atoms with van der Waals surface area (Å²) in [5, 5.41) is 0. The zero-order chi connectivity index (χ0) is 19.0. The van der Waals surface area contributed by atoms with Crippen molar-refractivity contribution in [1.29, 1.82) is 0 Å². The van der Waals surface area contributed by atoms with Gasteiger partial charge in [0.25, 0.3) is 11.8 Å². The molecule has 0 aliphatic carbocycles. The molecule has 1 aliphatic heterocycles. The number of carbonyl (C=O) groups is 3. The minimum absolute atomic E-state index is 0. The Morgan fingerprint density at radius 2 is 1.50 bits per heavy atom. The summed E-state index contributed by atoms with van der Waals surface area (Å²) in [6, 6.07) is 17.2. The van der Waals surface area contributed by atoms with Gasteiger partial charge in [0.15, 0.2) is 12.4 Å². The summed E-state index contributed by atoms with van der Waals surface area (Å²) in [6.07, 6.45) is 3.75. The lowest BCUT2D eigenvalue weighted by Gasteiger charge is -2.14. The number of hydrogen-bond donors (Lipinski definition) is 0. The lowest BCUT2D eigenvalue weighted by atomic mass is 10.1. The van der Waals surface area contributed by atoms with E-state index in [2.05, 4.69) is 0 Å². The van der Waals surface area contributed by atoms with Gasteiger partial charge in [0.1, 0.15) is 0 Å². The first-order valence-electron chi connectivity index (χ1n) is 8.61. The molecule has 2 heterocycles. The van der Waals surface area contributed by atoms with Crippen LogP contribution in [0.2, 0.25) is 0 Å². The average Bonchev–Trinajstić information content (AvgIpc) is 2.93. The van der Waals surface area contributed by atoms with E-state index in [1.165, 1.54) is 0 Å². The number of Topliss-reactive ketones (excluding diaryl/α,β-unsaturated/α-hetero) is 1. The Kier molecular flexibility index (Phi) is 5.51. The summed E-state index contributed by atoms with van der Waals surface area (Å²) in [7, 11) is 0. The van der Waals surface area contributed by atoms with E-state index in [9.17, 15) is 14.4 Å². The van der Waals surface area contributed by atoms with Gasteiger partial charge in [-0.2, -0.15) is 4.57 Å². The Labute approximate surface area is 173 Å². The molecule has 5 nitrogen and oxygen atoms in total. The van der Waals surface area contributed by atoms with E-state index in [-0.39, 0.29) is 41.1 Å². The summed E-state index contributed by atoms with van der Waals surface area (Å²) in [5.74, 6) is -0.727. The van der Waals surface area contributed by atoms with Crippen molar-refractivity contribution in [2.45, 2.75) is 13.5 Å². The van der Waals surface area contributed by atoms with Crippen LogP contribution in [0, 0.1) is 6.92 Å². The maximum Gasteiger partial charge on any atom is 0.266 e. The van der Waals surface area contributed by atoms with E-state index in [1.54, 1.807) is 48.5 Å². The number of anilines is 1. The second-order valence-corrected chi connectivity index (χ2v) is 6.51. The van der Waals surface area contributed by atoms with Gasteiger partial charge >= 0.3 is 0 Å². The van der Waals surface area contributed by atoms with Crippen LogP contribution < -0.4 is 26.4 Å². The first-order chi connectivity index (χ1) is 13.0. The molecule has 0 fully saturated rings. The molecule has 0 saturated heterocycles. The molecular weight excluding hydrogens is 420 g/mol. The van der Waals surface area contributed by atoms with Gasteiger partial charge in [0, 0.05) is 17.2 Å². The molecule has 2 amide bonds. The third kappa shape index (κ3) is 3.51. The van der Waals surface area contributed by atoms with Crippen LogP contribution in [0.5, 0.6) is 0 Å². The number of benzene rings is 2. The van der Waals surface area contributed by atoms with E-state index >= 15 is 0 Å². The van der Waals surface area contributed by atoms with Crippen molar-refractivity contribution in [3.8, 4) is 0 Å². The van der Waals surface area contributed by atoms with E-state index in [0.717, 1.165) is 10.5 Å². The van der Waals surface area contributed by atoms with E-state index in [4.69, 9.17) is 0 Å². The van der Waals surface area contributed by atoms with Gasteiger partial charge in [-0.25, -0.2) is 4.90 Å². The predicted octanol–water partition coefficient (Wildman–Crippen LogP) is -0.0300. The minimum Gasteiger partial charge on any atom is -1.00 e. The lowest BCUT2D eigenvalue weighted by molar-refractivity contribution is -0.683. The number of carbonyl (C=O) groups excluding carboxylic acids is 3. The van der Waals surface area contributed by atoms with Crippen molar-refractivity contribution >= 4 is 23.3 Å². The first kappa shape index (κ1) is 19.6. The highest BCUT2D eigenvalue weighted by atomic mass is 79.9. The number of imide groups is 1. The highest BCUT2D eigenvalue weighted by Gasteiger charge is 2.36. The maximum absolute atomic E-state index is 12.5. The molecule has 6 heteroatoms. The molecule has 1 aliphatic rings. The molecule has 0 atom stereocenters. The first-order valence-corrected chi connectivity index (χ1v) is 8.61. The van der Waals surface area contributed by atoms with Crippen molar-refractivity contribution in [3.63, 3.8) is 0 Å². The Balaban J connectivity index is 0.00000225. The van der Waals surface area contributed by atoms with Crippen LogP contribution in [0.4, 0.5) is 5.69 Å². The lowest BCUT2D eigenvalue weighted by Crippen LogP contribution is -3.00. The quantitative estimate of drug-likeness (QED) is 0.327. The smallest absolute Gasteiger partial charge is 0.266 e. The van der Waals surface area contributed by atoms with Gasteiger partial charge < -0.3 is 17.0 Å². The monoisotopic (exact) mass is 436 g/mol. The predicted molar refractivity (Wildman–Crippen MR) is 99.7 cm³/mol. The summed E-state index contributed by atoms with van der Waals surface area (Å²) >= 11 is 0. The number of nitrogens with zero attached hydrogens (tertiary/aromatic N) is 2. The third-order valence-electron chi connectivity index (χ3n) is 4.57. The van der Waals surface area contributed by atoms with Gasteiger partial charge in [0.2, 0.25) is 12.3 Å². The third-order valence-corrected chi connectivity index (χ3v) is 4.57. The largest absolute Gasteiger partial charge is 1.00 e. The fourth-order valence-corrected chi connectivity index (χ4v) is 3.23. The number of halogens is 1. The van der Waals surface area contributed by atoms with Gasteiger partial charge in [0.05, 0.1) is 16.8 Å². The van der Waals surface area contributed by atoms with Gasteiger partial charge in [-0.3, -0.25) is 14.4 Å². The number of rotatable bonds is 4. The Hall–Kier alpha value is -3.12. The van der Waals surface area contributed by atoms with Crippen molar-refractivity contribution in [1.82, 2.24) is 0 Å². The molecule has 0 saturated carbocycles. The Morgan fingerprint density at radius 1 is 0.893 bits per heavy atom. The number of ketones is 1. The van der Waals surface area contributed by atoms with Crippen LogP contribution in [0.15, 0.2) is 73.1 Å². The van der Waals surface area contributed by atoms with Crippen molar-refractivity contribution in [2.24, 2.45) is 0 Å². The molecule has 0 spiro atoms. The molecule has 0 bridgehead atoms. The zero-order valence-electron chi connectivity index (χ0n) is 15.1. The molecule has 2 aromatic carbocycles. The summed E-state index contributed by atoms with van der Waals surface area (Å²) < 4.78 is 1.83. The number of amides is 2. The molecule has 0 radical (unpaired) electrons. The zero-order valence-corrected chi connectivity index (χ0v) is 16.7. The van der Waals surface area contributed by atoms with Crippen LogP contribution in [0.3, 0.4) is 0 Å². The summed E-state index contributed by atoms with van der Waals surface area (Å²) in [4.78, 5) is 38.7. The fraction of sp³-hybridized carbons (Fsp3) is 0.0909. The topological polar surface area (TPSA) is 58.3 Å². The van der Waals surface area contributed by atoms with Gasteiger partial charge in [-0.05, 0) is 49.4 Å². The molecule has 140 valence electrons. The van der Waals surface area contributed by atoms with E-state index in [0.29, 0.717) is 22.4 Å². The van der Waals surface area contributed by atoms with Crippen LogP contribution >= 0.6 is 0 Å². The molecular formula is C22H17BrN2O3. The maximum atomic E-state index is 12.5. The molecule has 28 heavy (non-hydrogen) atoms. The van der Waals surface area contributed by atoms with Crippen molar-refractivity contribution in [3.05, 3.63) is 95.3 Å². The number of aryl methyl sites for hydroxylation is 1. The van der Waals surface area contributed by atoms with Crippen LogP contribution in [-0.2, 0) is 6.54 Å². The Morgan fingerprint density at radius 3 is 2.07 bits per heavy atom. The van der Waals surface area contributed by atoms with Gasteiger partial charge in [-0.15, -0.1) is 0 Å². The van der Waals surface area contributed by atoms with Crippen molar-refractivity contribution in [2.75, 3.05) is 4.90 Å². The molecule has 1 aromatic heterocycles.